The first-order valence-corrected chi connectivity index (χ1v) is 9.18. The second kappa shape index (κ2) is 7.76. The topological polar surface area (TPSA) is 60.9 Å². The summed E-state index contributed by atoms with van der Waals surface area (Å²) >= 11 is 0. The number of carbonyl (C=O) groups is 1. The first-order valence-electron chi connectivity index (χ1n) is 9.18. The number of fused-ring (bicyclic) bond motifs is 2. The van der Waals surface area contributed by atoms with Crippen molar-refractivity contribution in [1.29, 1.82) is 0 Å². The number of hydrogen-bond donors (Lipinski definition) is 0. The van der Waals surface area contributed by atoms with Crippen molar-refractivity contribution in [2.45, 2.75) is 13.0 Å². The number of nitrogens with zero attached hydrogens (tertiary/aromatic N) is 2. The molecule has 1 aliphatic rings. The Morgan fingerprint density at radius 3 is 2.57 bits per heavy atom. The number of pyridine rings is 1. The van der Waals surface area contributed by atoms with Crippen molar-refractivity contribution in [3.63, 3.8) is 0 Å². The van der Waals surface area contributed by atoms with Gasteiger partial charge in [-0.2, -0.15) is 0 Å². The number of ether oxygens (including phenoxy) is 3. The van der Waals surface area contributed by atoms with Crippen molar-refractivity contribution in [1.82, 2.24) is 9.88 Å². The van der Waals surface area contributed by atoms with Gasteiger partial charge in [0.2, 0.25) is 5.88 Å². The van der Waals surface area contributed by atoms with E-state index < -0.39 is 0 Å². The molecule has 0 bridgehead atoms. The van der Waals surface area contributed by atoms with Crippen LogP contribution in [0.5, 0.6) is 17.4 Å². The Kier molecular flexibility index (Phi) is 5.02. The zero-order chi connectivity index (χ0) is 19.5. The lowest BCUT2D eigenvalue weighted by Gasteiger charge is -2.29. The summed E-state index contributed by atoms with van der Waals surface area (Å²) in [6, 6.07) is 15.5. The van der Waals surface area contributed by atoms with Gasteiger partial charge in [-0.25, -0.2) is 4.98 Å². The highest BCUT2D eigenvalue weighted by Crippen LogP contribution is 2.33. The van der Waals surface area contributed by atoms with Crippen molar-refractivity contribution in [3.8, 4) is 17.4 Å². The summed E-state index contributed by atoms with van der Waals surface area (Å²) < 4.78 is 16.4. The normalized spacial score (nSPS) is 13.1. The lowest BCUT2D eigenvalue weighted by molar-refractivity contribution is -0.134. The molecule has 144 valence electrons. The summed E-state index contributed by atoms with van der Waals surface area (Å²) in [6.07, 6.45) is 0.773. The number of rotatable bonds is 5. The minimum Gasteiger partial charge on any atom is -0.493 e. The largest absolute Gasteiger partial charge is 0.493 e. The molecule has 0 aliphatic carbocycles. The molecule has 0 N–H and O–H groups in total. The van der Waals surface area contributed by atoms with Crippen LogP contribution in [0.15, 0.2) is 48.5 Å². The molecule has 2 aromatic carbocycles. The smallest absolute Gasteiger partial charge is 0.260 e. The van der Waals surface area contributed by atoms with Gasteiger partial charge in [0, 0.05) is 24.5 Å². The lowest BCUT2D eigenvalue weighted by atomic mass is 9.99. The van der Waals surface area contributed by atoms with Gasteiger partial charge in [0.05, 0.1) is 19.7 Å². The average molecular weight is 378 g/mol. The average Bonchev–Trinajstić information content (AvgIpc) is 2.75. The van der Waals surface area contributed by atoms with E-state index in [4.69, 9.17) is 14.2 Å². The molecule has 3 aromatic rings. The second-order valence-corrected chi connectivity index (χ2v) is 6.67. The molecule has 0 atom stereocenters. The SMILES string of the molecule is COc1cc2c(cc1OC)CN(C(=O)COc1ccc3ccccc3n1)CC2. The van der Waals surface area contributed by atoms with E-state index in [2.05, 4.69) is 4.98 Å². The zero-order valence-corrected chi connectivity index (χ0v) is 16.0. The lowest BCUT2D eigenvalue weighted by Crippen LogP contribution is -2.38. The molecule has 6 nitrogen and oxygen atoms in total. The molecule has 1 aliphatic heterocycles. The maximum Gasteiger partial charge on any atom is 0.260 e. The predicted molar refractivity (Wildman–Crippen MR) is 106 cm³/mol. The number of aromatic nitrogens is 1. The summed E-state index contributed by atoms with van der Waals surface area (Å²) in [5.41, 5.74) is 3.10. The number of methoxy groups -OCH3 is 2. The summed E-state index contributed by atoms with van der Waals surface area (Å²) in [5, 5.41) is 1.04. The van der Waals surface area contributed by atoms with E-state index in [0.717, 1.165) is 22.9 Å². The predicted octanol–water partition coefficient (Wildman–Crippen LogP) is 3.22. The van der Waals surface area contributed by atoms with Crippen LogP contribution in [0.25, 0.3) is 10.9 Å². The van der Waals surface area contributed by atoms with E-state index in [1.165, 1.54) is 5.56 Å². The van der Waals surface area contributed by atoms with Crippen molar-refractivity contribution < 1.29 is 19.0 Å². The first kappa shape index (κ1) is 18.1. The molecule has 28 heavy (non-hydrogen) atoms. The van der Waals surface area contributed by atoms with Crippen LogP contribution in [0.1, 0.15) is 11.1 Å². The molecule has 0 saturated heterocycles. The van der Waals surface area contributed by atoms with E-state index in [-0.39, 0.29) is 12.5 Å². The Labute approximate surface area is 163 Å². The molecule has 6 heteroatoms. The second-order valence-electron chi connectivity index (χ2n) is 6.67. The third-order valence-electron chi connectivity index (χ3n) is 4.99. The van der Waals surface area contributed by atoms with E-state index in [1.54, 1.807) is 25.2 Å². The Balaban J connectivity index is 1.43. The van der Waals surface area contributed by atoms with Gasteiger partial charge in [-0.05, 0) is 41.8 Å². The fourth-order valence-corrected chi connectivity index (χ4v) is 3.45. The van der Waals surface area contributed by atoms with Crippen LogP contribution in [0.2, 0.25) is 0 Å². The Morgan fingerprint density at radius 2 is 1.79 bits per heavy atom. The highest BCUT2D eigenvalue weighted by molar-refractivity contribution is 5.80. The van der Waals surface area contributed by atoms with E-state index in [1.807, 2.05) is 42.5 Å². The van der Waals surface area contributed by atoms with Crippen molar-refractivity contribution >= 4 is 16.8 Å². The van der Waals surface area contributed by atoms with Gasteiger partial charge in [-0.3, -0.25) is 4.79 Å². The molecule has 4 rings (SSSR count). The minimum atomic E-state index is -0.0598. The fourth-order valence-electron chi connectivity index (χ4n) is 3.45. The number of carbonyl (C=O) groups excluding carboxylic acids is 1. The first-order chi connectivity index (χ1) is 13.7. The van der Waals surface area contributed by atoms with E-state index >= 15 is 0 Å². The van der Waals surface area contributed by atoms with Crippen LogP contribution in [-0.2, 0) is 17.8 Å². The van der Waals surface area contributed by atoms with Crippen molar-refractivity contribution in [2.24, 2.45) is 0 Å². The summed E-state index contributed by atoms with van der Waals surface area (Å²) in [7, 11) is 3.24. The van der Waals surface area contributed by atoms with Gasteiger partial charge in [-0.1, -0.05) is 18.2 Å². The molecule has 0 spiro atoms. The van der Waals surface area contributed by atoms with Gasteiger partial charge in [-0.15, -0.1) is 0 Å². The van der Waals surface area contributed by atoms with Crippen LogP contribution >= 0.6 is 0 Å². The fraction of sp³-hybridized carbons (Fsp3) is 0.273. The highest BCUT2D eigenvalue weighted by atomic mass is 16.5. The molecule has 1 amide bonds. The molecule has 0 fully saturated rings. The Bertz CT molecular complexity index is 1020. The molecule has 0 unspecified atom stereocenters. The molecule has 0 radical (unpaired) electrons. The van der Waals surface area contributed by atoms with Crippen LogP contribution in [0.3, 0.4) is 0 Å². The summed E-state index contributed by atoms with van der Waals surface area (Å²) in [4.78, 5) is 18.9. The Morgan fingerprint density at radius 1 is 1.04 bits per heavy atom. The van der Waals surface area contributed by atoms with Gasteiger partial charge in [0.1, 0.15) is 0 Å². The number of para-hydroxylation sites is 1. The van der Waals surface area contributed by atoms with Crippen LogP contribution in [0, 0.1) is 0 Å². The maximum atomic E-state index is 12.6. The van der Waals surface area contributed by atoms with Gasteiger partial charge < -0.3 is 19.1 Å². The maximum absolute atomic E-state index is 12.6. The molecular weight excluding hydrogens is 356 g/mol. The summed E-state index contributed by atoms with van der Waals surface area (Å²) in [5.74, 6) is 1.78. The highest BCUT2D eigenvalue weighted by Gasteiger charge is 2.23. The standard InChI is InChI=1S/C22H22N2O4/c1-26-19-11-16-9-10-24(13-17(16)12-20(19)27-2)22(25)14-28-21-8-7-15-5-3-4-6-18(15)23-21/h3-8,11-12H,9-10,13-14H2,1-2H3. The van der Waals surface area contributed by atoms with Crippen LogP contribution in [-0.4, -0.2) is 43.2 Å². The summed E-state index contributed by atoms with van der Waals surface area (Å²) in [6.45, 7) is 1.15. The third kappa shape index (κ3) is 3.58. The van der Waals surface area contributed by atoms with Gasteiger partial charge in [0.25, 0.3) is 5.91 Å². The van der Waals surface area contributed by atoms with Crippen LogP contribution in [0.4, 0.5) is 0 Å². The van der Waals surface area contributed by atoms with E-state index in [9.17, 15) is 4.79 Å². The minimum absolute atomic E-state index is 0.0338. The molecule has 0 saturated carbocycles. The Hall–Kier alpha value is -3.28. The number of benzene rings is 2. The zero-order valence-electron chi connectivity index (χ0n) is 16.0. The van der Waals surface area contributed by atoms with Crippen LogP contribution < -0.4 is 14.2 Å². The van der Waals surface area contributed by atoms with Crippen molar-refractivity contribution in [2.75, 3.05) is 27.4 Å². The molecule has 1 aromatic heterocycles. The third-order valence-corrected chi connectivity index (χ3v) is 4.99. The van der Waals surface area contributed by atoms with Crippen molar-refractivity contribution in [3.05, 3.63) is 59.7 Å². The van der Waals surface area contributed by atoms with Gasteiger partial charge >= 0.3 is 0 Å². The molecule has 2 heterocycles. The van der Waals surface area contributed by atoms with E-state index in [0.29, 0.717) is 30.5 Å². The quantitative estimate of drug-likeness (QED) is 0.682. The molecular formula is C22H22N2O4. The number of amides is 1. The van der Waals surface area contributed by atoms with Gasteiger partial charge in [0.15, 0.2) is 18.1 Å². The number of hydrogen-bond acceptors (Lipinski definition) is 5. The monoisotopic (exact) mass is 378 g/mol.